The fourth-order valence-electron chi connectivity index (χ4n) is 3.31. The Kier molecular flexibility index (Phi) is 7.19. The maximum Gasteiger partial charge on any atom is 0.257 e. The summed E-state index contributed by atoms with van der Waals surface area (Å²) in [7, 11) is 3.12. The van der Waals surface area contributed by atoms with E-state index in [1.54, 1.807) is 32.4 Å². The van der Waals surface area contributed by atoms with Crippen LogP contribution in [-0.2, 0) is 6.42 Å². The van der Waals surface area contributed by atoms with Crippen LogP contribution in [0.4, 0.5) is 5.13 Å². The Balaban J connectivity index is 1.83. The number of rotatable bonds is 9. The van der Waals surface area contributed by atoms with E-state index in [0.717, 1.165) is 17.0 Å². The van der Waals surface area contributed by atoms with Gasteiger partial charge in [0.25, 0.3) is 5.91 Å². The van der Waals surface area contributed by atoms with Crippen LogP contribution in [0.1, 0.15) is 45.8 Å². The van der Waals surface area contributed by atoms with Crippen LogP contribution < -0.4 is 14.8 Å². The van der Waals surface area contributed by atoms with Crippen molar-refractivity contribution < 1.29 is 14.3 Å². The molecule has 0 fully saturated rings. The largest absolute Gasteiger partial charge is 0.493 e. The molecule has 0 saturated heterocycles. The van der Waals surface area contributed by atoms with Crippen LogP contribution in [0.15, 0.2) is 55.1 Å². The molecular formula is C23H25N3O3S. The Morgan fingerprint density at radius 2 is 1.97 bits per heavy atom. The molecule has 7 heteroatoms. The van der Waals surface area contributed by atoms with Gasteiger partial charge in [-0.15, -0.1) is 16.8 Å². The van der Waals surface area contributed by atoms with Crippen LogP contribution in [0.5, 0.6) is 11.5 Å². The van der Waals surface area contributed by atoms with Crippen LogP contribution in [0.2, 0.25) is 0 Å². The third kappa shape index (κ3) is 4.68. The van der Waals surface area contributed by atoms with Gasteiger partial charge in [-0.05, 0) is 30.5 Å². The lowest BCUT2D eigenvalue weighted by Crippen LogP contribution is -2.13. The number of aromatic nitrogens is 2. The molecule has 6 nitrogen and oxygen atoms in total. The minimum absolute atomic E-state index is 0.148. The highest BCUT2D eigenvalue weighted by Crippen LogP contribution is 2.34. The van der Waals surface area contributed by atoms with Gasteiger partial charge in [0.2, 0.25) is 5.13 Å². The first-order chi connectivity index (χ1) is 14.6. The molecule has 0 radical (unpaired) electrons. The van der Waals surface area contributed by atoms with E-state index in [2.05, 4.69) is 41.1 Å². The summed E-state index contributed by atoms with van der Waals surface area (Å²) >= 11 is 1.39. The summed E-state index contributed by atoms with van der Waals surface area (Å²) in [5.74, 6) is 0.960. The zero-order chi connectivity index (χ0) is 21.5. The van der Waals surface area contributed by atoms with E-state index in [0.29, 0.717) is 28.6 Å². The van der Waals surface area contributed by atoms with Crippen LogP contribution in [0.25, 0.3) is 0 Å². The molecule has 1 aromatic heterocycles. The second-order valence-corrected chi connectivity index (χ2v) is 7.64. The first-order valence-corrected chi connectivity index (χ1v) is 10.5. The molecule has 3 rings (SSSR count). The monoisotopic (exact) mass is 423 g/mol. The van der Waals surface area contributed by atoms with Crippen molar-refractivity contribution in [1.82, 2.24) is 10.2 Å². The van der Waals surface area contributed by atoms with Crippen molar-refractivity contribution in [2.24, 2.45) is 0 Å². The van der Waals surface area contributed by atoms with Crippen molar-refractivity contribution >= 4 is 22.4 Å². The lowest BCUT2D eigenvalue weighted by molar-refractivity contribution is 0.102. The SMILES string of the molecule is C=CCc1cc(C(=O)Nc2nnc(C(CC)c3ccccc3)s2)cc(OC)c1OC. The van der Waals surface area contributed by atoms with Crippen molar-refractivity contribution in [3.8, 4) is 11.5 Å². The van der Waals surface area contributed by atoms with Gasteiger partial charge in [0.1, 0.15) is 5.01 Å². The van der Waals surface area contributed by atoms with Crippen molar-refractivity contribution in [2.45, 2.75) is 25.7 Å². The Morgan fingerprint density at radius 3 is 2.60 bits per heavy atom. The molecule has 1 amide bonds. The maximum absolute atomic E-state index is 12.9. The number of methoxy groups -OCH3 is 2. The summed E-state index contributed by atoms with van der Waals surface area (Å²) in [6.45, 7) is 5.88. The summed E-state index contributed by atoms with van der Waals surface area (Å²) < 4.78 is 10.8. The van der Waals surface area contributed by atoms with E-state index < -0.39 is 0 Å². The van der Waals surface area contributed by atoms with E-state index in [4.69, 9.17) is 9.47 Å². The van der Waals surface area contributed by atoms with Gasteiger partial charge in [0, 0.05) is 17.0 Å². The maximum atomic E-state index is 12.9. The van der Waals surface area contributed by atoms with Gasteiger partial charge in [-0.2, -0.15) is 0 Å². The van der Waals surface area contributed by atoms with Gasteiger partial charge in [-0.1, -0.05) is 54.7 Å². The topological polar surface area (TPSA) is 73.3 Å². The summed E-state index contributed by atoms with van der Waals surface area (Å²) in [4.78, 5) is 12.9. The van der Waals surface area contributed by atoms with Crippen LogP contribution in [-0.4, -0.2) is 30.3 Å². The zero-order valence-electron chi connectivity index (χ0n) is 17.3. The summed E-state index contributed by atoms with van der Waals surface area (Å²) in [6.07, 6.45) is 3.20. The molecule has 3 aromatic rings. The van der Waals surface area contributed by atoms with Crippen LogP contribution >= 0.6 is 11.3 Å². The summed E-state index contributed by atoms with van der Waals surface area (Å²) in [5.41, 5.74) is 2.46. The van der Waals surface area contributed by atoms with Crippen LogP contribution in [0, 0.1) is 0 Å². The van der Waals surface area contributed by atoms with Crippen molar-refractivity contribution in [2.75, 3.05) is 19.5 Å². The third-order valence-corrected chi connectivity index (χ3v) is 5.70. The Labute approximate surface area is 180 Å². The molecule has 0 spiro atoms. The smallest absolute Gasteiger partial charge is 0.257 e. The molecule has 0 saturated carbocycles. The molecule has 1 atom stereocenters. The lowest BCUT2D eigenvalue weighted by Gasteiger charge is -2.14. The average Bonchev–Trinajstić information content (AvgIpc) is 3.22. The summed E-state index contributed by atoms with van der Waals surface area (Å²) in [5, 5.41) is 12.7. The van der Waals surface area contributed by atoms with Gasteiger partial charge in [-0.25, -0.2) is 0 Å². The molecule has 0 bridgehead atoms. The Bertz CT molecular complexity index is 1020. The number of carbonyl (C=O) groups excluding carboxylic acids is 1. The van der Waals surface area contributed by atoms with Crippen molar-refractivity contribution in [3.63, 3.8) is 0 Å². The van der Waals surface area contributed by atoms with Gasteiger partial charge in [0.15, 0.2) is 11.5 Å². The number of ether oxygens (including phenoxy) is 2. The number of carbonyl (C=O) groups is 1. The quantitative estimate of drug-likeness (QED) is 0.486. The van der Waals surface area contributed by atoms with Gasteiger partial charge in [0.05, 0.1) is 14.2 Å². The molecule has 1 heterocycles. The Morgan fingerprint density at radius 1 is 1.20 bits per heavy atom. The third-order valence-electron chi connectivity index (χ3n) is 4.75. The highest BCUT2D eigenvalue weighted by Gasteiger charge is 2.20. The molecule has 30 heavy (non-hydrogen) atoms. The highest BCUT2D eigenvalue weighted by atomic mass is 32.1. The van der Waals surface area contributed by atoms with E-state index in [1.807, 2.05) is 18.2 Å². The minimum Gasteiger partial charge on any atom is -0.493 e. The number of allylic oxidation sites excluding steroid dienone is 1. The van der Waals surface area contributed by atoms with E-state index >= 15 is 0 Å². The van der Waals surface area contributed by atoms with E-state index in [1.165, 1.54) is 16.9 Å². The molecule has 156 valence electrons. The Hall–Kier alpha value is -3.19. The second kappa shape index (κ2) is 10.0. The fraction of sp³-hybridized carbons (Fsp3) is 0.261. The minimum atomic E-state index is -0.281. The average molecular weight is 424 g/mol. The van der Waals surface area contributed by atoms with Gasteiger partial charge >= 0.3 is 0 Å². The lowest BCUT2D eigenvalue weighted by atomic mass is 9.97. The number of anilines is 1. The fourth-order valence-corrected chi connectivity index (χ4v) is 4.27. The molecule has 1 N–H and O–H groups in total. The first-order valence-electron chi connectivity index (χ1n) is 9.66. The first kappa shape index (κ1) is 21.5. The number of hydrogen-bond donors (Lipinski definition) is 1. The van der Waals surface area contributed by atoms with Crippen molar-refractivity contribution in [3.05, 3.63) is 76.8 Å². The number of benzene rings is 2. The molecule has 0 aliphatic rings. The zero-order valence-corrected chi connectivity index (χ0v) is 18.2. The predicted octanol–water partition coefficient (Wildman–Crippen LogP) is 5.08. The van der Waals surface area contributed by atoms with Crippen molar-refractivity contribution in [1.29, 1.82) is 0 Å². The molecule has 0 aliphatic heterocycles. The number of hydrogen-bond acceptors (Lipinski definition) is 6. The standard InChI is InChI=1S/C23H25N3O3S/c1-5-10-16-13-17(14-19(28-3)20(16)29-4)21(27)24-23-26-25-22(30-23)18(6-2)15-11-8-7-9-12-15/h5,7-9,11-14,18H,1,6,10H2,2-4H3,(H,24,26,27). The number of nitrogens with one attached hydrogen (secondary N) is 1. The molecule has 1 unspecified atom stereocenters. The molecule has 2 aromatic carbocycles. The van der Waals surface area contributed by atoms with Gasteiger partial charge < -0.3 is 9.47 Å². The predicted molar refractivity (Wildman–Crippen MR) is 120 cm³/mol. The van der Waals surface area contributed by atoms with Crippen LogP contribution in [0.3, 0.4) is 0 Å². The number of amides is 1. The van der Waals surface area contributed by atoms with E-state index in [-0.39, 0.29) is 11.8 Å². The second-order valence-electron chi connectivity index (χ2n) is 6.63. The highest BCUT2D eigenvalue weighted by molar-refractivity contribution is 7.15. The number of nitrogens with zero attached hydrogens (tertiary/aromatic N) is 2. The molecular weight excluding hydrogens is 398 g/mol. The summed E-state index contributed by atoms with van der Waals surface area (Å²) in [6, 6.07) is 13.6. The van der Waals surface area contributed by atoms with E-state index in [9.17, 15) is 4.79 Å². The van der Waals surface area contributed by atoms with Gasteiger partial charge in [-0.3, -0.25) is 10.1 Å². The molecule has 0 aliphatic carbocycles. The normalized spacial score (nSPS) is 11.6.